The van der Waals surface area contributed by atoms with Crippen LogP contribution < -0.4 is 5.32 Å². The Labute approximate surface area is 154 Å². The van der Waals surface area contributed by atoms with Gasteiger partial charge in [-0.15, -0.1) is 0 Å². The third kappa shape index (κ3) is 4.13. The van der Waals surface area contributed by atoms with E-state index in [-0.39, 0.29) is 29.3 Å². The fourth-order valence-corrected chi connectivity index (χ4v) is 4.86. The quantitative estimate of drug-likeness (QED) is 0.859. The SMILES string of the molecule is Cc1cccc(S(=O)(=O)C2CC(NC(=O)c3ccc(C(F)(F)F)nc3)C2)c1. The minimum Gasteiger partial charge on any atom is -0.349 e. The lowest BCUT2D eigenvalue weighted by Crippen LogP contribution is -2.49. The van der Waals surface area contributed by atoms with Gasteiger partial charge in [0, 0.05) is 12.2 Å². The molecule has 0 unspecified atom stereocenters. The number of hydrogen-bond donors (Lipinski definition) is 1. The number of benzene rings is 1. The van der Waals surface area contributed by atoms with Crippen molar-refractivity contribution in [2.45, 2.75) is 42.1 Å². The maximum Gasteiger partial charge on any atom is 0.433 e. The van der Waals surface area contributed by atoms with Gasteiger partial charge >= 0.3 is 6.18 Å². The van der Waals surface area contributed by atoms with E-state index >= 15 is 0 Å². The Morgan fingerprint density at radius 2 is 1.89 bits per heavy atom. The fraction of sp³-hybridized carbons (Fsp3) is 0.333. The van der Waals surface area contributed by atoms with Crippen LogP contribution in [0.15, 0.2) is 47.5 Å². The van der Waals surface area contributed by atoms with Crippen LogP contribution in [0.1, 0.15) is 34.5 Å². The van der Waals surface area contributed by atoms with Gasteiger partial charge in [0.2, 0.25) is 0 Å². The molecule has 0 spiro atoms. The van der Waals surface area contributed by atoms with Crippen molar-refractivity contribution in [2.75, 3.05) is 0 Å². The van der Waals surface area contributed by atoms with E-state index in [4.69, 9.17) is 0 Å². The molecule has 0 aliphatic heterocycles. The predicted molar refractivity (Wildman–Crippen MR) is 91.9 cm³/mol. The lowest BCUT2D eigenvalue weighted by Gasteiger charge is -2.35. The fourth-order valence-electron chi connectivity index (χ4n) is 2.89. The van der Waals surface area contributed by atoms with Crippen LogP contribution in [-0.2, 0) is 16.0 Å². The molecule has 1 aliphatic rings. The Morgan fingerprint density at radius 1 is 1.19 bits per heavy atom. The average molecular weight is 398 g/mol. The Hall–Kier alpha value is -2.42. The number of carbonyl (C=O) groups is 1. The van der Waals surface area contributed by atoms with Gasteiger partial charge < -0.3 is 5.32 Å². The van der Waals surface area contributed by atoms with Crippen LogP contribution in [0.25, 0.3) is 0 Å². The first-order valence-electron chi connectivity index (χ1n) is 8.22. The van der Waals surface area contributed by atoms with Crippen LogP contribution in [0.5, 0.6) is 0 Å². The van der Waals surface area contributed by atoms with Gasteiger partial charge in [-0.2, -0.15) is 13.2 Å². The van der Waals surface area contributed by atoms with Gasteiger partial charge in [0.1, 0.15) is 5.69 Å². The van der Waals surface area contributed by atoms with Crippen molar-refractivity contribution in [1.29, 1.82) is 0 Å². The lowest BCUT2D eigenvalue weighted by molar-refractivity contribution is -0.141. The lowest BCUT2D eigenvalue weighted by atomic mass is 9.92. The zero-order chi connectivity index (χ0) is 19.8. The summed E-state index contributed by atoms with van der Waals surface area (Å²) in [5, 5.41) is 2.04. The van der Waals surface area contributed by atoms with Crippen molar-refractivity contribution >= 4 is 15.7 Å². The molecule has 2 aromatic rings. The van der Waals surface area contributed by atoms with E-state index in [9.17, 15) is 26.4 Å². The van der Waals surface area contributed by atoms with E-state index < -0.39 is 32.9 Å². The summed E-state index contributed by atoms with van der Waals surface area (Å²) in [5.74, 6) is -0.576. The van der Waals surface area contributed by atoms with Gasteiger partial charge in [0.05, 0.1) is 15.7 Å². The Balaban J connectivity index is 1.59. The standard InChI is InChI=1S/C18H17F3N2O3S/c1-11-3-2-4-14(7-11)27(25,26)15-8-13(9-15)23-17(24)12-5-6-16(22-10-12)18(19,20)21/h2-7,10,13,15H,8-9H2,1H3,(H,23,24). The molecule has 9 heteroatoms. The summed E-state index contributed by atoms with van der Waals surface area (Å²) in [6.07, 6.45) is -3.19. The molecule has 1 heterocycles. The molecular formula is C18H17F3N2O3S. The molecule has 3 rings (SSSR count). The van der Waals surface area contributed by atoms with E-state index in [0.29, 0.717) is 0 Å². The number of nitrogens with one attached hydrogen (secondary N) is 1. The van der Waals surface area contributed by atoms with Gasteiger partial charge in [-0.25, -0.2) is 8.42 Å². The molecule has 1 amide bonds. The van der Waals surface area contributed by atoms with E-state index in [1.54, 1.807) is 31.2 Å². The minimum absolute atomic E-state index is 0.00649. The highest BCUT2D eigenvalue weighted by atomic mass is 32.2. The molecule has 0 bridgehead atoms. The molecule has 1 aliphatic carbocycles. The second kappa shape index (κ2) is 6.95. The average Bonchev–Trinajstić information content (AvgIpc) is 2.56. The zero-order valence-corrected chi connectivity index (χ0v) is 15.1. The number of aryl methyl sites for hydroxylation is 1. The molecule has 1 aromatic carbocycles. The molecule has 1 saturated carbocycles. The van der Waals surface area contributed by atoms with E-state index in [0.717, 1.165) is 23.9 Å². The molecule has 27 heavy (non-hydrogen) atoms. The number of rotatable bonds is 4. The minimum atomic E-state index is -4.57. The van der Waals surface area contributed by atoms with Crippen molar-refractivity contribution in [1.82, 2.24) is 10.3 Å². The highest BCUT2D eigenvalue weighted by molar-refractivity contribution is 7.92. The van der Waals surface area contributed by atoms with E-state index in [1.165, 1.54) is 0 Å². The molecule has 0 radical (unpaired) electrons. The number of halogens is 3. The molecular weight excluding hydrogens is 381 g/mol. The van der Waals surface area contributed by atoms with E-state index in [1.807, 2.05) is 0 Å². The summed E-state index contributed by atoms with van der Waals surface area (Å²) in [6, 6.07) is 8.07. The smallest absolute Gasteiger partial charge is 0.349 e. The van der Waals surface area contributed by atoms with Crippen molar-refractivity contribution in [3.63, 3.8) is 0 Å². The molecule has 0 saturated heterocycles. The number of amides is 1. The first-order chi connectivity index (χ1) is 12.6. The molecule has 5 nitrogen and oxygen atoms in total. The molecule has 1 aromatic heterocycles. The van der Waals surface area contributed by atoms with Gasteiger partial charge in [0.15, 0.2) is 9.84 Å². The monoisotopic (exact) mass is 398 g/mol. The van der Waals surface area contributed by atoms with Crippen molar-refractivity contribution < 1.29 is 26.4 Å². The maximum atomic E-state index is 12.6. The summed E-state index contributed by atoms with van der Waals surface area (Å²) >= 11 is 0. The summed E-state index contributed by atoms with van der Waals surface area (Å²) in [7, 11) is -3.47. The van der Waals surface area contributed by atoms with Crippen molar-refractivity contribution in [3.8, 4) is 0 Å². The highest BCUT2D eigenvalue weighted by Gasteiger charge is 2.40. The van der Waals surface area contributed by atoms with Crippen LogP contribution in [0.4, 0.5) is 13.2 Å². The zero-order valence-electron chi connectivity index (χ0n) is 14.3. The van der Waals surface area contributed by atoms with Crippen LogP contribution in [0.2, 0.25) is 0 Å². The normalized spacial score (nSPS) is 20.0. The van der Waals surface area contributed by atoms with Crippen molar-refractivity contribution in [3.05, 3.63) is 59.4 Å². The molecule has 1 fully saturated rings. The largest absolute Gasteiger partial charge is 0.433 e. The first-order valence-corrected chi connectivity index (χ1v) is 9.76. The van der Waals surface area contributed by atoms with Crippen LogP contribution >= 0.6 is 0 Å². The third-order valence-corrected chi connectivity index (χ3v) is 6.68. The van der Waals surface area contributed by atoms with Gasteiger partial charge in [0.25, 0.3) is 5.91 Å². The van der Waals surface area contributed by atoms with E-state index in [2.05, 4.69) is 10.3 Å². The van der Waals surface area contributed by atoms with Gasteiger partial charge in [-0.1, -0.05) is 12.1 Å². The molecule has 1 N–H and O–H groups in total. The number of alkyl halides is 3. The van der Waals surface area contributed by atoms with Gasteiger partial charge in [-0.05, 0) is 49.6 Å². The Kier molecular flexibility index (Phi) is 4.98. The Bertz CT molecular complexity index is 951. The summed E-state index contributed by atoms with van der Waals surface area (Å²) < 4.78 is 62.6. The third-order valence-electron chi connectivity index (χ3n) is 4.50. The number of aromatic nitrogens is 1. The van der Waals surface area contributed by atoms with Crippen molar-refractivity contribution in [2.24, 2.45) is 0 Å². The second-order valence-corrected chi connectivity index (χ2v) is 8.78. The number of carbonyl (C=O) groups excluding carboxylic acids is 1. The van der Waals surface area contributed by atoms with Crippen LogP contribution in [-0.4, -0.2) is 30.6 Å². The number of nitrogens with zero attached hydrogens (tertiary/aromatic N) is 1. The van der Waals surface area contributed by atoms with Crippen LogP contribution in [0.3, 0.4) is 0 Å². The number of pyridine rings is 1. The predicted octanol–water partition coefficient (Wildman–Crippen LogP) is 3.14. The summed E-state index contributed by atoms with van der Waals surface area (Å²) in [5.41, 5.74) is -0.241. The summed E-state index contributed by atoms with van der Waals surface area (Å²) in [4.78, 5) is 15.6. The maximum absolute atomic E-state index is 12.6. The van der Waals surface area contributed by atoms with Crippen LogP contribution in [0, 0.1) is 6.92 Å². The topological polar surface area (TPSA) is 76.1 Å². The number of sulfone groups is 1. The van der Waals surface area contributed by atoms with Gasteiger partial charge in [-0.3, -0.25) is 9.78 Å². The second-order valence-electron chi connectivity index (χ2n) is 6.56. The molecule has 0 atom stereocenters. The number of hydrogen-bond acceptors (Lipinski definition) is 4. The highest BCUT2D eigenvalue weighted by Crippen LogP contribution is 2.32. The first kappa shape index (κ1) is 19.3. The Morgan fingerprint density at radius 3 is 2.44 bits per heavy atom. The summed E-state index contributed by atoms with van der Waals surface area (Å²) in [6.45, 7) is 1.81. The molecule has 144 valence electrons.